The first-order valence-electron chi connectivity index (χ1n) is 4.81. The van der Waals surface area contributed by atoms with Gasteiger partial charge in [0.15, 0.2) is 0 Å². The van der Waals surface area contributed by atoms with E-state index in [-0.39, 0.29) is 0 Å². The first kappa shape index (κ1) is 11.8. The summed E-state index contributed by atoms with van der Waals surface area (Å²) in [6, 6.07) is 5.60. The molecule has 0 radical (unpaired) electrons. The normalized spacial score (nSPS) is 10.8. The lowest BCUT2D eigenvalue weighted by Crippen LogP contribution is -1.86. The molecule has 0 aliphatic rings. The minimum Gasteiger partial charge on any atom is -0.390 e. The Morgan fingerprint density at radius 1 is 1.12 bits per heavy atom. The van der Waals surface area contributed by atoms with E-state index in [2.05, 4.69) is 13.8 Å². The molecule has 2 rings (SSSR count). The number of benzene rings is 1. The van der Waals surface area contributed by atoms with Gasteiger partial charge in [-0.1, -0.05) is 29.3 Å². The van der Waals surface area contributed by atoms with Crippen molar-refractivity contribution >= 4 is 39.5 Å². The molecule has 1 heterocycles. The van der Waals surface area contributed by atoms with Crippen LogP contribution in [0.5, 0.6) is 0 Å². The zero-order valence-corrected chi connectivity index (χ0v) is 11.3. The third-order valence-corrected chi connectivity index (χ3v) is 4.40. The number of nitrogen functional groups attached to an aromatic ring is 1. The van der Waals surface area contributed by atoms with Crippen LogP contribution < -0.4 is 5.73 Å². The van der Waals surface area contributed by atoms with Gasteiger partial charge in [-0.3, -0.25) is 0 Å². The highest BCUT2D eigenvalue weighted by Gasteiger charge is 2.12. The van der Waals surface area contributed by atoms with Gasteiger partial charge in [0.2, 0.25) is 0 Å². The predicted octanol–water partition coefficient (Wildman–Crippen LogP) is 4.92. The van der Waals surface area contributed by atoms with Gasteiger partial charge in [0.25, 0.3) is 0 Å². The summed E-state index contributed by atoms with van der Waals surface area (Å²) in [6.45, 7) is 4.14. The summed E-state index contributed by atoms with van der Waals surface area (Å²) in [7, 11) is 0. The molecule has 1 aromatic carbocycles. The first-order chi connectivity index (χ1) is 7.50. The van der Waals surface area contributed by atoms with E-state index in [1.54, 1.807) is 17.4 Å². The molecule has 0 aliphatic heterocycles. The minimum absolute atomic E-state index is 0.557. The lowest BCUT2D eigenvalue weighted by molar-refractivity contribution is 1.44. The van der Waals surface area contributed by atoms with Crippen molar-refractivity contribution < 1.29 is 0 Å². The molecule has 84 valence electrons. The number of halogens is 2. The molecule has 4 heteroatoms. The Kier molecular flexibility index (Phi) is 3.15. The molecule has 1 nitrogen and oxygen atoms in total. The van der Waals surface area contributed by atoms with Crippen molar-refractivity contribution in [2.24, 2.45) is 0 Å². The summed E-state index contributed by atoms with van der Waals surface area (Å²) < 4.78 is 0. The summed E-state index contributed by atoms with van der Waals surface area (Å²) >= 11 is 13.5. The summed E-state index contributed by atoms with van der Waals surface area (Å²) in [5.41, 5.74) is 9.31. The van der Waals surface area contributed by atoms with Gasteiger partial charge in [-0.05, 0) is 37.1 Å². The molecular weight excluding hydrogens is 261 g/mol. The highest BCUT2D eigenvalue weighted by molar-refractivity contribution is 7.16. The fourth-order valence-corrected chi connectivity index (χ4v) is 2.92. The van der Waals surface area contributed by atoms with Gasteiger partial charge in [0.05, 0.1) is 15.0 Å². The third kappa shape index (κ3) is 1.93. The lowest BCUT2D eigenvalue weighted by atomic mass is 10.0. The summed E-state index contributed by atoms with van der Waals surface area (Å²) in [4.78, 5) is 1.23. The second-order valence-corrected chi connectivity index (χ2v) is 5.72. The van der Waals surface area contributed by atoms with Crippen LogP contribution in [0.15, 0.2) is 18.2 Å². The Morgan fingerprint density at radius 3 is 2.31 bits per heavy atom. The van der Waals surface area contributed by atoms with Gasteiger partial charge < -0.3 is 5.73 Å². The van der Waals surface area contributed by atoms with Gasteiger partial charge in [-0.25, -0.2) is 0 Å². The van der Waals surface area contributed by atoms with E-state index in [0.29, 0.717) is 10.0 Å². The highest BCUT2D eigenvalue weighted by atomic mass is 35.5. The molecule has 1 aromatic heterocycles. The topological polar surface area (TPSA) is 26.0 Å². The molecule has 0 unspecified atom stereocenters. The van der Waals surface area contributed by atoms with Crippen molar-refractivity contribution in [3.8, 4) is 11.1 Å². The van der Waals surface area contributed by atoms with E-state index in [1.165, 1.54) is 10.4 Å². The van der Waals surface area contributed by atoms with Crippen LogP contribution in [0.1, 0.15) is 10.4 Å². The van der Waals surface area contributed by atoms with Crippen molar-refractivity contribution in [2.45, 2.75) is 13.8 Å². The Balaban J connectivity index is 2.63. The molecule has 0 fully saturated rings. The molecule has 0 amide bonds. The molecule has 2 N–H and O–H groups in total. The monoisotopic (exact) mass is 271 g/mol. The number of hydrogen-bond donors (Lipinski definition) is 1. The molecule has 0 saturated heterocycles. The number of thiophene rings is 1. The van der Waals surface area contributed by atoms with Gasteiger partial charge in [0, 0.05) is 10.4 Å². The fourth-order valence-electron chi connectivity index (χ4n) is 1.66. The average Bonchev–Trinajstić information content (AvgIpc) is 2.47. The number of hydrogen-bond acceptors (Lipinski definition) is 2. The smallest absolute Gasteiger partial charge is 0.0941 e. The van der Waals surface area contributed by atoms with Crippen molar-refractivity contribution in [3.63, 3.8) is 0 Å². The quantitative estimate of drug-likeness (QED) is 0.783. The van der Waals surface area contributed by atoms with Crippen LogP contribution in [0.4, 0.5) is 5.00 Å². The van der Waals surface area contributed by atoms with Crippen molar-refractivity contribution in [1.29, 1.82) is 0 Å². The predicted molar refractivity (Wildman–Crippen MR) is 73.7 cm³/mol. The number of aryl methyl sites for hydroxylation is 1. The van der Waals surface area contributed by atoms with Gasteiger partial charge in [-0.2, -0.15) is 0 Å². The average molecular weight is 272 g/mol. The maximum absolute atomic E-state index is 6.01. The second kappa shape index (κ2) is 4.28. The van der Waals surface area contributed by atoms with Crippen LogP contribution in [0.3, 0.4) is 0 Å². The molecule has 0 aliphatic carbocycles. The van der Waals surface area contributed by atoms with Crippen LogP contribution in [0.25, 0.3) is 11.1 Å². The van der Waals surface area contributed by atoms with E-state index in [4.69, 9.17) is 28.9 Å². The third-order valence-electron chi connectivity index (χ3n) is 2.62. The number of anilines is 1. The molecule has 0 atom stereocenters. The second-order valence-electron chi connectivity index (χ2n) is 3.65. The molecule has 0 spiro atoms. The van der Waals surface area contributed by atoms with Crippen LogP contribution in [0, 0.1) is 13.8 Å². The van der Waals surface area contributed by atoms with Gasteiger partial charge >= 0.3 is 0 Å². The number of nitrogens with two attached hydrogens (primary N) is 1. The zero-order valence-electron chi connectivity index (χ0n) is 8.97. The van der Waals surface area contributed by atoms with Crippen LogP contribution in [-0.4, -0.2) is 0 Å². The van der Waals surface area contributed by atoms with Crippen LogP contribution >= 0.6 is 34.5 Å². The molecule has 0 bridgehead atoms. The molecule has 2 aromatic rings. The molecular formula is C12H11Cl2NS. The van der Waals surface area contributed by atoms with E-state index in [9.17, 15) is 0 Å². The summed E-state index contributed by atoms with van der Waals surface area (Å²) in [6.07, 6.45) is 0. The first-order valence-corrected chi connectivity index (χ1v) is 6.39. The summed E-state index contributed by atoms with van der Waals surface area (Å²) in [5, 5.41) is 1.95. The van der Waals surface area contributed by atoms with E-state index in [0.717, 1.165) is 16.1 Å². The van der Waals surface area contributed by atoms with Crippen LogP contribution in [0.2, 0.25) is 10.0 Å². The highest BCUT2D eigenvalue weighted by Crippen LogP contribution is 2.39. The Morgan fingerprint density at radius 2 is 1.81 bits per heavy atom. The fraction of sp³-hybridized carbons (Fsp3) is 0.167. The van der Waals surface area contributed by atoms with E-state index < -0.39 is 0 Å². The summed E-state index contributed by atoms with van der Waals surface area (Å²) in [5.74, 6) is 0. The maximum Gasteiger partial charge on any atom is 0.0941 e. The van der Waals surface area contributed by atoms with Crippen molar-refractivity contribution in [3.05, 3.63) is 38.7 Å². The lowest BCUT2D eigenvalue weighted by Gasteiger charge is -2.04. The SMILES string of the molecule is Cc1sc(N)c(-c2ccc(Cl)c(Cl)c2)c1C. The maximum atomic E-state index is 6.01. The van der Waals surface area contributed by atoms with E-state index in [1.807, 2.05) is 12.1 Å². The zero-order chi connectivity index (χ0) is 11.9. The van der Waals surface area contributed by atoms with Gasteiger partial charge in [0.1, 0.15) is 0 Å². The van der Waals surface area contributed by atoms with Gasteiger partial charge in [-0.15, -0.1) is 11.3 Å². The van der Waals surface area contributed by atoms with Crippen molar-refractivity contribution in [2.75, 3.05) is 5.73 Å². The standard InChI is InChI=1S/C12H11Cl2NS/c1-6-7(2)16-12(15)11(6)8-3-4-9(13)10(14)5-8/h3-5H,15H2,1-2H3. The largest absolute Gasteiger partial charge is 0.390 e. The Labute approximate surface area is 109 Å². The minimum atomic E-state index is 0.557. The molecule has 16 heavy (non-hydrogen) atoms. The molecule has 0 saturated carbocycles. The van der Waals surface area contributed by atoms with E-state index >= 15 is 0 Å². The Hall–Kier alpha value is -0.700. The Bertz CT molecular complexity index is 546. The number of rotatable bonds is 1. The van der Waals surface area contributed by atoms with Crippen molar-refractivity contribution in [1.82, 2.24) is 0 Å². The van der Waals surface area contributed by atoms with Crippen LogP contribution in [-0.2, 0) is 0 Å².